The van der Waals surface area contributed by atoms with Gasteiger partial charge in [-0.2, -0.15) is 0 Å². The molecule has 1 unspecified atom stereocenters. The van der Waals surface area contributed by atoms with Crippen LogP contribution in [0.4, 0.5) is 4.39 Å². The molecule has 1 saturated carbocycles. The first-order valence-corrected chi connectivity index (χ1v) is 16.3. The molecule has 0 amide bonds. The Labute approximate surface area is 238 Å². The summed E-state index contributed by atoms with van der Waals surface area (Å²) in [6.45, 7) is 11.1. The summed E-state index contributed by atoms with van der Waals surface area (Å²) in [6.07, 6.45) is 3.69. The molecule has 4 rings (SSSR count). The monoisotopic (exact) mass is 568 g/mol. The van der Waals surface area contributed by atoms with Gasteiger partial charge in [0.15, 0.2) is 7.37 Å². The number of pyridine rings is 1. The Balaban J connectivity index is 1.61. The minimum absolute atomic E-state index is 0.0700. The third-order valence-corrected chi connectivity index (χ3v) is 8.67. The molecule has 2 atom stereocenters. The highest BCUT2D eigenvalue weighted by Crippen LogP contribution is 2.50. The van der Waals surface area contributed by atoms with Crippen molar-refractivity contribution in [3.05, 3.63) is 77.2 Å². The van der Waals surface area contributed by atoms with Crippen LogP contribution in [0.5, 0.6) is 11.6 Å². The van der Waals surface area contributed by atoms with Crippen LogP contribution in [0.15, 0.2) is 54.7 Å². The second-order valence-corrected chi connectivity index (χ2v) is 14.1. The molecule has 0 saturated heterocycles. The lowest BCUT2D eigenvalue weighted by atomic mass is 9.96. The van der Waals surface area contributed by atoms with Gasteiger partial charge in [-0.3, -0.25) is 9.46 Å². The SMILES string of the molecule is COc1cc(-c2ccc(COc3cccc([C@@H](CP(C)(=O)O)C4CC4)c3)cc2CN(C(C)C)C(C)C)c(F)cn1. The molecule has 1 fully saturated rings. The van der Waals surface area contributed by atoms with E-state index in [4.69, 9.17) is 9.47 Å². The fourth-order valence-corrected chi connectivity index (χ4v) is 6.66. The highest BCUT2D eigenvalue weighted by molar-refractivity contribution is 7.57. The van der Waals surface area contributed by atoms with Gasteiger partial charge < -0.3 is 14.4 Å². The zero-order chi connectivity index (χ0) is 29.0. The van der Waals surface area contributed by atoms with E-state index in [0.717, 1.165) is 40.8 Å². The molecular formula is C32H42FN2O4P. The lowest BCUT2D eigenvalue weighted by Gasteiger charge is -2.31. The summed E-state index contributed by atoms with van der Waals surface area (Å²) in [5, 5.41) is 0. The molecule has 40 heavy (non-hydrogen) atoms. The maximum Gasteiger partial charge on any atom is 0.213 e. The number of aromatic nitrogens is 1. The highest BCUT2D eigenvalue weighted by Gasteiger charge is 2.35. The first-order chi connectivity index (χ1) is 18.9. The number of ether oxygens (including phenoxy) is 2. The van der Waals surface area contributed by atoms with E-state index in [9.17, 15) is 13.8 Å². The summed E-state index contributed by atoms with van der Waals surface area (Å²) in [5.74, 6) is 1.23. The number of halogens is 1. The summed E-state index contributed by atoms with van der Waals surface area (Å²) >= 11 is 0. The Morgan fingerprint density at radius 2 is 1.80 bits per heavy atom. The van der Waals surface area contributed by atoms with Gasteiger partial charge in [0.05, 0.1) is 13.3 Å². The topological polar surface area (TPSA) is 71.9 Å². The molecule has 6 nitrogen and oxygen atoms in total. The molecule has 1 aromatic heterocycles. The molecule has 3 aromatic rings. The van der Waals surface area contributed by atoms with Crippen LogP contribution in [0, 0.1) is 11.7 Å². The van der Waals surface area contributed by atoms with Crippen LogP contribution in [-0.4, -0.2) is 46.8 Å². The van der Waals surface area contributed by atoms with Gasteiger partial charge in [-0.05, 0) is 86.8 Å². The number of rotatable bonds is 13. The number of benzene rings is 2. The quantitative estimate of drug-likeness (QED) is 0.216. The fourth-order valence-electron chi connectivity index (χ4n) is 5.42. The number of hydrogen-bond acceptors (Lipinski definition) is 5. The van der Waals surface area contributed by atoms with E-state index in [-0.39, 0.29) is 5.92 Å². The van der Waals surface area contributed by atoms with Crippen LogP contribution < -0.4 is 9.47 Å². The van der Waals surface area contributed by atoms with Crippen molar-refractivity contribution in [1.29, 1.82) is 0 Å². The summed E-state index contributed by atoms with van der Waals surface area (Å²) in [4.78, 5) is 16.4. The zero-order valence-corrected chi connectivity index (χ0v) is 25.3. The van der Waals surface area contributed by atoms with Crippen LogP contribution in [-0.2, 0) is 17.7 Å². The van der Waals surface area contributed by atoms with Crippen LogP contribution in [0.2, 0.25) is 0 Å². The smallest absolute Gasteiger partial charge is 0.213 e. The van der Waals surface area contributed by atoms with E-state index in [1.807, 2.05) is 36.4 Å². The van der Waals surface area contributed by atoms with E-state index in [1.165, 1.54) is 20.0 Å². The van der Waals surface area contributed by atoms with Crippen molar-refractivity contribution in [3.63, 3.8) is 0 Å². The Morgan fingerprint density at radius 1 is 1.07 bits per heavy atom. The second kappa shape index (κ2) is 12.8. The van der Waals surface area contributed by atoms with Gasteiger partial charge in [0.1, 0.15) is 18.2 Å². The fraction of sp³-hybridized carbons (Fsp3) is 0.469. The van der Waals surface area contributed by atoms with Crippen LogP contribution in [0.1, 0.15) is 63.1 Å². The van der Waals surface area contributed by atoms with Crippen LogP contribution in [0.3, 0.4) is 0 Å². The van der Waals surface area contributed by atoms with Crippen molar-refractivity contribution < 1.29 is 23.3 Å². The molecule has 1 aliphatic carbocycles. The minimum atomic E-state index is -3.13. The summed E-state index contributed by atoms with van der Waals surface area (Å²) in [7, 11) is -1.61. The maximum atomic E-state index is 15.0. The Bertz CT molecular complexity index is 1340. The number of hydrogen-bond donors (Lipinski definition) is 1. The Kier molecular flexibility index (Phi) is 9.71. The first kappa shape index (κ1) is 30.2. The summed E-state index contributed by atoms with van der Waals surface area (Å²) in [6, 6.07) is 16.2. The predicted octanol–water partition coefficient (Wildman–Crippen LogP) is 7.49. The Morgan fingerprint density at radius 3 is 2.42 bits per heavy atom. The summed E-state index contributed by atoms with van der Waals surface area (Å²) < 4.78 is 38.7. The predicted molar refractivity (Wildman–Crippen MR) is 159 cm³/mol. The average molecular weight is 569 g/mol. The summed E-state index contributed by atoms with van der Waals surface area (Å²) in [5.41, 5.74) is 4.29. The van der Waals surface area contributed by atoms with Gasteiger partial charge in [-0.15, -0.1) is 0 Å². The lowest BCUT2D eigenvalue weighted by Crippen LogP contribution is -2.36. The van der Waals surface area contributed by atoms with E-state index < -0.39 is 13.2 Å². The van der Waals surface area contributed by atoms with E-state index in [0.29, 0.717) is 48.8 Å². The molecule has 0 aliphatic heterocycles. The second-order valence-electron chi connectivity index (χ2n) is 11.6. The largest absolute Gasteiger partial charge is 0.489 e. The van der Waals surface area contributed by atoms with Gasteiger partial charge in [0.2, 0.25) is 5.88 Å². The molecule has 1 aliphatic rings. The standard InChI is InChI=1S/C32H42FN2O4P/c1-21(2)35(22(3)4)18-26-14-23(10-13-28(26)29-16-32(38-5)34-17-31(29)33)19-39-27-9-7-8-25(15-27)30(24-11-12-24)20-40(6,36)37/h7-10,13-17,21-22,24,30H,11-12,18-20H2,1-6H3,(H,36,37)/t30-/m0/s1. The highest BCUT2D eigenvalue weighted by atomic mass is 31.2. The average Bonchev–Trinajstić information content (AvgIpc) is 3.74. The molecule has 8 heteroatoms. The van der Waals surface area contributed by atoms with Crippen molar-refractivity contribution in [2.45, 2.75) is 71.7 Å². The maximum absolute atomic E-state index is 15.0. The third-order valence-electron chi connectivity index (χ3n) is 7.60. The van der Waals surface area contributed by atoms with Gasteiger partial charge in [0.25, 0.3) is 0 Å². The van der Waals surface area contributed by atoms with Crippen molar-refractivity contribution >= 4 is 7.37 Å². The molecule has 0 bridgehead atoms. The minimum Gasteiger partial charge on any atom is -0.489 e. The van der Waals surface area contributed by atoms with Crippen molar-refractivity contribution in [3.8, 4) is 22.8 Å². The molecule has 0 spiro atoms. The number of methoxy groups -OCH3 is 1. The third kappa shape index (κ3) is 7.93. The molecular weight excluding hydrogens is 526 g/mol. The van der Waals surface area contributed by atoms with E-state index in [2.05, 4.69) is 43.6 Å². The van der Waals surface area contributed by atoms with E-state index >= 15 is 0 Å². The van der Waals surface area contributed by atoms with Gasteiger partial charge in [0, 0.05) is 43.1 Å². The van der Waals surface area contributed by atoms with Crippen LogP contribution >= 0.6 is 7.37 Å². The van der Waals surface area contributed by atoms with Crippen molar-refractivity contribution in [2.75, 3.05) is 19.9 Å². The first-order valence-electron chi connectivity index (χ1n) is 14.0. The molecule has 1 heterocycles. The van der Waals surface area contributed by atoms with Crippen LogP contribution in [0.25, 0.3) is 11.1 Å². The van der Waals surface area contributed by atoms with Crippen molar-refractivity contribution in [1.82, 2.24) is 9.88 Å². The lowest BCUT2D eigenvalue weighted by molar-refractivity contribution is 0.166. The van der Waals surface area contributed by atoms with E-state index in [1.54, 1.807) is 6.07 Å². The molecule has 0 radical (unpaired) electrons. The molecule has 216 valence electrons. The normalized spacial score (nSPS) is 15.9. The molecule has 1 N–H and O–H groups in total. The number of nitrogens with zero attached hydrogens (tertiary/aromatic N) is 2. The van der Waals surface area contributed by atoms with Gasteiger partial charge >= 0.3 is 0 Å². The zero-order valence-electron chi connectivity index (χ0n) is 24.4. The van der Waals surface area contributed by atoms with Gasteiger partial charge in [-0.25, -0.2) is 9.37 Å². The van der Waals surface area contributed by atoms with Gasteiger partial charge in [-0.1, -0.05) is 30.3 Å². The molecule has 2 aromatic carbocycles. The van der Waals surface area contributed by atoms with Crippen molar-refractivity contribution in [2.24, 2.45) is 5.92 Å². The Hall–Kier alpha value is -2.73.